The van der Waals surface area contributed by atoms with Gasteiger partial charge in [-0.15, -0.1) is 0 Å². The van der Waals surface area contributed by atoms with E-state index in [4.69, 9.17) is 17.0 Å². The number of thiocarbonyl (C=S) groups is 1. The largest absolute Gasteiger partial charge is 0.484 e. The molecule has 0 heterocycles. The molecule has 0 bridgehead atoms. The minimum atomic E-state index is -0.313. The van der Waals surface area contributed by atoms with Gasteiger partial charge in [-0.25, -0.2) is 0 Å². The molecule has 0 saturated carbocycles. The van der Waals surface area contributed by atoms with Crippen LogP contribution in [0.4, 0.5) is 5.69 Å². The molecule has 132 valence electrons. The van der Waals surface area contributed by atoms with E-state index in [0.717, 1.165) is 24.1 Å². The zero-order chi connectivity index (χ0) is 18.1. The first-order valence-corrected chi connectivity index (χ1v) is 8.68. The summed E-state index contributed by atoms with van der Waals surface area (Å²) in [7, 11) is 0. The van der Waals surface area contributed by atoms with Gasteiger partial charge >= 0.3 is 0 Å². The number of benzene rings is 2. The van der Waals surface area contributed by atoms with Gasteiger partial charge in [0.1, 0.15) is 5.75 Å². The van der Waals surface area contributed by atoms with Crippen LogP contribution in [0.15, 0.2) is 48.5 Å². The number of hydrazine groups is 1. The lowest BCUT2D eigenvalue weighted by atomic mass is 10.1. The predicted molar refractivity (Wildman–Crippen MR) is 105 cm³/mol. The number of ether oxygens (including phenoxy) is 1. The lowest BCUT2D eigenvalue weighted by Gasteiger charge is -2.14. The number of hydrogen-bond donors (Lipinski definition) is 3. The van der Waals surface area contributed by atoms with Crippen LogP contribution >= 0.6 is 12.2 Å². The fourth-order valence-corrected chi connectivity index (χ4v) is 2.40. The molecule has 0 saturated heterocycles. The summed E-state index contributed by atoms with van der Waals surface area (Å²) < 4.78 is 5.44. The molecule has 1 amide bonds. The van der Waals surface area contributed by atoms with Crippen LogP contribution in [0.3, 0.4) is 0 Å². The minimum absolute atomic E-state index is 0.0906. The molecule has 6 heteroatoms. The molecule has 2 aromatic carbocycles. The van der Waals surface area contributed by atoms with Crippen LogP contribution in [-0.2, 0) is 17.6 Å². The summed E-state index contributed by atoms with van der Waals surface area (Å²) in [6.07, 6.45) is 1.86. The Morgan fingerprint density at radius 2 is 1.72 bits per heavy atom. The molecule has 0 aromatic heterocycles. The van der Waals surface area contributed by atoms with Crippen molar-refractivity contribution in [3.8, 4) is 5.75 Å². The van der Waals surface area contributed by atoms with E-state index in [1.165, 1.54) is 5.56 Å². The van der Waals surface area contributed by atoms with Crippen molar-refractivity contribution in [2.75, 3.05) is 11.9 Å². The minimum Gasteiger partial charge on any atom is -0.484 e. The second-order valence-corrected chi connectivity index (χ2v) is 5.83. The third kappa shape index (κ3) is 6.08. The normalized spacial score (nSPS) is 10.0. The Balaban J connectivity index is 1.74. The smallest absolute Gasteiger partial charge is 0.276 e. The van der Waals surface area contributed by atoms with Gasteiger partial charge in [-0.1, -0.05) is 44.2 Å². The van der Waals surface area contributed by atoms with Crippen LogP contribution in [0.5, 0.6) is 5.75 Å². The van der Waals surface area contributed by atoms with Gasteiger partial charge in [0.05, 0.1) is 0 Å². The Morgan fingerprint density at radius 3 is 2.40 bits per heavy atom. The van der Waals surface area contributed by atoms with Crippen molar-refractivity contribution in [3.05, 3.63) is 59.7 Å². The molecule has 0 unspecified atom stereocenters. The van der Waals surface area contributed by atoms with Crippen molar-refractivity contribution in [1.82, 2.24) is 10.9 Å². The Bertz CT molecular complexity index is 717. The molecule has 0 fully saturated rings. The maximum atomic E-state index is 11.8. The van der Waals surface area contributed by atoms with Gasteiger partial charge in [-0.3, -0.25) is 15.6 Å². The van der Waals surface area contributed by atoms with Gasteiger partial charge < -0.3 is 10.1 Å². The Labute approximate surface area is 153 Å². The van der Waals surface area contributed by atoms with E-state index >= 15 is 0 Å². The standard InChI is InChI=1S/C19H23N3O2S/c1-3-14-9-11-16(12-10-14)24-13-18(23)21-22-19(25)20-17-8-6-5-7-15(17)4-2/h5-12H,3-4,13H2,1-2H3,(H,21,23)(H2,20,22,25). The first-order valence-electron chi connectivity index (χ1n) is 8.27. The topological polar surface area (TPSA) is 62.4 Å². The van der Waals surface area contributed by atoms with Crippen LogP contribution < -0.4 is 20.9 Å². The zero-order valence-corrected chi connectivity index (χ0v) is 15.3. The molecule has 0 radical (unpaired) electrons. The van der Waals surface area contributed by atoms with Crippen LogP contribution in [0, 0.1) is 0 Å². The van der Waals surface area contributed by atoms with Crippen molar-refractivity contribution >= 4 is 28.9 Å². The second-order valence-electron chi connectivity index (χ2n) is 5.42. The van der Waals surface area contributed by atoms with Gasteiger partial charge in [0, 0.05) is 5.69 Å². The van der Waals surface area contributed by atoms with Gasteiger partial charge in [0.25, 0.3) is 5.91 Å². The maximum Gasteiger partial charge on any atom is 0.276 e. The van der Waals surface area contributed by atoms with Gasteiger partial charge in [0.2, 0.25) is 0 Å². The fraction of sp³-hybridized carbons (Fsp3) is 0.263. The van der Waals surface area contributed by atoms with E-state index in [-0.39, 0.29) is 12.5 Å². The highest BCUT2D eigenvalue weighted by Gasteiger charge is 2.05. The number of amides is 1. The molecule has 0 atom stereocenters. The maximum absolute atomic E-state index is 11.8. The quantitative estimate of drug-likeness (QED) is 0.547. The Kier molecular flexibility index (Phi) is 7.22. The number of anilines is 1. The summed E-state index contributed by atoms with van der Waals surface area (Å²) in [6.45, 7) is 4.07. The third-order valence-electron chi connectivity index (χ3n) is 3.66. The van der Waals surface area contributed by atoms with E-state index in [1.54, 1.807) is 0 Å². The van der Waals surface area contributed by atoms with Crippen molar-refractivity contribution < 1.29 is 9.53 Å². The van der Waals surface area contributed by atoms with Crippen LogP contribution in [0.1, 0.15) is 25.0 Å². The summed E-state index contributed by atoms with van der Waals surface area (Å²) in [5.74, 6) is 0.345. The molecule has 25 heavy (non-hydrogen) atoms. The lowest BCUT2D eigenvalue weighted by Crippen LogP contribution is -2.45. The highest BCUT2D eigenvalue weighted by molar-refractivity contribution is 7.80. The van der Waals surface area contributed by atoms with Gasteiger partial charge in [-0.05, 0) is 54.4 Å². The van der Waals surface area contributed by atoms with Gasteiger partial charge in [-0.2, -0.15) is 0 Å². The predicted octanol–water partition coefficient (Wildman–Crippen LogP) is 3.21. The molecule has 0 spiro atoms. The average Bonchev–Trinajstić information content (AvgIpc) is 2.65. The number of para-hydroxylation sites is 1. The number of aryl methyl sites for hydroxylation is 2. The van der Waals surface area contributed by atoms with Crippen LogP contribution in [0.2, 0.25) is 0 Å². The summed E-state index contributed by atoms with van der Waals surface area (Å²) >= 11 is 5.19. The van der Waals surface area contributed by atoms with E-state index in [9.17, 15) is 4.79 Å². The third-order valence-corrected chi connectivity index (χ3v) is 3.87. The molecular formula is C19H23N3O2S. The lowest BCUT2D eigenvalue weighted by molar-refractivity contribution is -0.123. The van der Waals surface area contributed by atoms with Crippen molar-refractivity contribution in [3.63, 3.8) is 0 Å². The van der Waals surface area contributed by atoms with E-state index < -0.39 is 0 Å². The zero-order valence-electron chi connectivity index (χ0n) is 14.5. The van der Waals surface area contributed by atoms with E-state index in [2.05, 4.69) is 30.0 Å². The molecule has 2 aromatic rings. The molecule has 0 aliphatic rings. The second kappa shape index (κ2) is 9.64. The molecule has 2 rings (SSSR count). The molecule has 0 aliphatic carbocycles. The first-order chi connectivity index (χ1) is 12.1. The Morgan fingerprint density at radius 1 is 1.00 bits per heavy atom. The van der Waals surface area contributed by atoms with Crippen LogP contribution in [0.25, 0.3) is 0 Å². The molecule has 0 aliphatic heterocycles. The first kappa shape index (κ1) is 18.7. The number of nitrogens with one attached hydrogen (secondary N) is 3. The number of rotatable bonds is 6. The van der Waals surface area contributed by atoms with Crippen molar-refractivity contribution in [1.29, 1.82) is 0 Å². The highest BCUT2D eigenvalue weighted by Crippen LogP contribution is 2.15. The molecule has 5 nitrogen and oxygen atoms in total. The number of hydrogen-bond acceptors (Lipinski definition) is 3. The average molecular weight is 357 g/mol. The van der Waals surface area contributed by atoms with E-state index in [1.807, 2.05) is 48.5 Å². The summed E-state index contributed by atoms with van der Waals surface area (Å²) in [4.78, 5) is 11.8. The molecular weight excluding hydrogens is 334 g/mol. The van der Waals surface area contributed by atoms with Crippen molar-refractivity contribution in [2.45, 2.75) is 26.7 Å². The summed E-state index contributed by atoms with van der Waals surface area (Å²) in [5.41, 5.74) is 8.49. The summed E-state index contributed by atoms with van der Waals surface area (Å²) in [5, 5.41) is 3.39. The SMILES string of the molecule is CCc1ccc(OCC(=O)NNC(=S)Nc2ccccc2CC)cc1. The number of carbonyl (C=O) groups excluding carboxylic acids is 1. The number of carbonyl (C=O) groups is 1. The summed E-state index contributed by atoms with van der Waals surface area (Å²) in [6, 6.07) is 15.6. The van der Waals surface area contributed by atoms with Gasteiger partial charge in [0.15, 0.2) is 11.7 Å². The van der Waals surface area contributed by atoms with Crippen LogP contribution in [-0.4, -0.2) is 17.6 Å². The van der Waals surface area contributed by atoms with Crippen molar-refractivity contribution in [2.24, 2.45) is 0 Å². The van der Waals surface area contributed by atoms with E-state index in [0.29, 0.717) is 10.9 Å². The highest BCUT2D eigenvalue weighted by atomic mass is 32.1. The fourth-order valence-electron chi connectivity index (χ4n) is 2.24. The Hall–Kier alpha value is -2.60. The molecule has 3 N–H and O–H groups in total. The monoisotopic (exact) mass is 357 g/mol.